The van der Waals surface area contributed by atoms with Crippen molar-refractivity contribution in [3.8, 4) is 112 Å². The minimum absolute atomic E-state index is 0. The molecule has 4 nitrogen and oxygen atoms in total. The van der Waals surface area contributed by atoms with Crippen LogP contribution in [0, 0.1) is 19.9 Å². The molecule has 0 aliphatic carbocycles. The monoisotopic (exact) mass is 1160 g/mol. The van der Waals surface area contributed by atoms with Crippen LogP contribution < -0.4 is 0 Å². The third-order valence-corrected chi connectivity index (χ3v) is 14.3. The van der Waals surface area contributed by atoms with Crippen LogP contribution in [0.5, 0.6) is 0 Å². The second-order valence-corrected chi connectivity index (χ2v) is 19.5. The fourth-order valence-corrected chi connectivity index (χ4v) is 10.7. The Morgan fingerprint density at radius 2 is 0.766 bits per heavy atom. The van der Waals surface area contributed by atoms with Crippen LogP contribution in [0.15, 0.2) is 261 Å². The van der Waals surface area contributed by atoms with Crippen LogP contribution >= 0.6 is 0 Å². The Balaban J connectivity index is 0.00000596. The number of aryl methyl sites for hydroxylation is 2. The van der Waals surface area contributed by atoms with Crippen LogP contribution in [-0.2, 0) is 20.1 Å². The predicted octanol–water partition coefficient (Wildman–Crippen LogP) is 18.7. The first-order chi connectivity index (χ1) is 37.5. The summed E-state index contributed by atoms with van der Waals surface area (Å²) in [7, 11) is 0. The van der Waals surface area contributed by atoms with Gasteiger partial charge < -0.3 is 4.98 Å². The van der Waals surface area contributed by atoms with Crippen molar-refractivity contribution in [2.75, 3.05) is 0 Å². The number of fused-ring (bicyclic) bond motifs is 2. The first kappa shape index (κ1) is 48.7. The average Bonchev–Trinajstić information content (AvgIpc) is 3.49. The van der Waals surface area contributed by atoms with E-state index in [1.807, 2.05) is 6.20 Å². The first-order valence-electron chi connectivity index (χ1n) is 25.8. The minimum atomic E-state index is 0. The maximum absolute atomic E-state index is 5.18. The molecule has 0 fully saturated rings. The van der Waals surface area contributed by atoms with Crippen LogP contribution in [0.2, 0.25) is 0 Å². The van der Waals surface area contributed by atoms with Crippen molar-refractivity contribution in [3.63, 3.8) is 0 Å². The maximum atomic E-state index is 5.18. The van der Waals surface area contributed by atoms with Gasteiger partial charge in [0.05, 0.1) is 0 Å². The van der Waals surface area contributed by atoms with Crippen LogP contribution in [0.1, 0.15) is 11.1 Å². The van der Waals surface area contributed by atoms with Gasteiger partial charge in [-0.15, -0.1) is 23.8 Å². The molecule has 13 rings (SSSR count). The zero-order valence-electron chi connectivity index (χ0n) is 42.4. The molecule has 1 radical (unpaired) electrons. The quantitative estimate of drug-likeness (QED) is 0.128. The molecule has 0 aliphatic rings. The number of pyridine rings is 1. The normalized spacial score (nSPS) is 11.1. The van der Waals surface area contributed by atoms with Gasteiger partial charge >= 0.3 is 0 Å². The molecular formula is C72H49IrN4-. The third kappa shape index (κ3) is 9.83. The molecule has 367 valence electrons. The van der Waals surface area contributed by atoms with Gasteiger partial charge in [0.1, 0.15) is 0 Å². The van der Waals surface area contributed by atoms with Crippen molar-refractivity contribution >= 4 is 21.5 Å². The molecule has 77 heavy (non-hydrogen) atoms. The van der Waals surface area contributed by atoms with Gasteiger partial charge in [0, 0.05) is 43.0 Å². The Hall–Kier alpha value is -9.25. The summed E-state index contributed by atoms with van der Waals surface area (Å²) in [5.41, 5.74) is 20.5. The van der Waals surface area contributed by atoms with E-state index in [0.717, 1.165) is 82.9 Å². The van der Waals surface area contributed by atoms with Crippen molar-refractivity contribution in [3.05, 3.63) is 278 Å². The smallest absolute Gasteiger partial charge is 0.165 e. The molecule has 0 saturated carbocycles. The molecule has 0 N–H and O–H groups in total. The summed E-state index contributed by atoms with van der Waals surface area (Å²) in [6, 6.07) is 94.2. The molecule has 0 unspecified atom stereocenters. The van der Waals surface area contributed by atoms with Crippen LogP contribution in [0.3, 0.4) is 0 Å². The SMILES string of the molecule is Cc1cc(C)cc(-c2ccccc2-c2c[c-]c(-c3ccc(-c4nc(-c5cccc6ccccc56)nc(-c5cccc6ccccc56)n4)cn3)cc2-c2cccc(-c3cc(-c4ccccc4)cc(-c4ccccc4)c3)c2)c1.[Ir]. The second kappa shape index (κ2) is 21.2. The molecule has 0 saturated heterocycles. The number of rotatable bonds is 10. The standard InChI is InChI=1S/C72H49N4.Ir/c1-47-38-48(2)40-60(39-47)63-30-13-14-31-64(63)65-36-34-55(45-68(65)54-27-15-26-53(41-54)59-43-57(49-18-5-3-6-19-49)42-58(44-59)50-20-7-4-8-21-50)69-37-35-56(46-73-69)70-74-71(66-32-16-24-51-22-9-11-28-61(51)66)76-72(75-70)67-33-17-25-52-23-10-12-29-62(52)67;/h3-33,35-46H,1-2H3;/q-1;. The van der Waals surface area contributed by atoms with E-state index in [-0.39, 0.29) is 20.1 Å². The van der Waals surface area contributed by atoms with Gasteiger partial charge in [-0.25, -0.2) is 15.0 Å². The van der Waals surface area contributed by atoms with E-state index in [2.05, 4.69) is 275 Å². The minimum Gasteiger partial charge on any atom is -0.304 e. The molecule has 5 heteroatoms. The molecule has 2 heterocycles. The number of benzene rings is 11. The average molecular weight is 1160 g/mol. The van der Waals surface area contributed by atoms with Crippen LogP contribution in [0.25, 0.3) is 134 Å². The van der Waals surface area contributed by atoms with Crippen molar-refractivity contribution in [2.45, 2.75) is 13.8 Å². The Morgan fingerprint density at radius 3 is 1.36 bits per heavy atom. The van der Waals surface area contributed by atoms with E-state index in [0.29, 0.717) is 17.5 Å². The maximum Gasteiger partial charge on any atom is 0.165 e. The molecule has 11 aromatic carbocycles. The fourth-order valence-electron chi connectivity index (χ4n) is 10.7. The summed E-state index contributed by atoms with van der Waals surface area (Å²) in [5.74, 6) is 1.76. The Kier molecular flexibility index (Phi) is 13.4. The van der Waals surface area contributed by atoms with Crippen LogP contribution in [-0.4, -0.2) is 19.9 Å². The summed E-state index contributed by atoms with van der Waals surface area (Å²) in [6.45, 7) is 4.34. The van der Waals surface area contributed by atoms with E-state index in [1.165, 1.54) is 44.5 Å². The van der Waals surface area contributed by atoms with E-state index in [1.54, 1.807) is 0 Å². The van der Waals surface area contributed by atoms with Crippen molar-refractivity contribution < 1.29 is 20.1 Å². The summed E-state index contributed by atoms with van der Waals surface area (Å²) in [5, 5.41) is 4.40. The van der Waals surface area contributed by atoms with E-state index in [9.17, 15) is 0 Å². The Bertz CT molecular complexity index is 4120. The summed E-state index contributed by atoms with van der Waals surface area (Å²) >= 11 is 0. The van der Waals surface area contributed by atoms with Gasteiger partial charge in [-0.2, -0.15) is 0 Å². The van der Waals surface area contributed by atoms with Gasteiger partial charge in [0.15, 0.2) is 17.5 Å². The van der Waals surface area contributed by atoms with Gasteiger partial charge in [0.25, 0.3) is 0 Å². The van der Waals surface area contributed by atoms with Gasteiger partial charge in [-0.1, -0.05) is 246 Å². The number of hydrogen-bond donors (Lipinski definition) is 0. The zero-order chi connectivity index (χ0) is 51.0. The molecule has 0 amide bonds. The van der Waals surface area contributed by atoms with Crippen molar-refractivity contribution in [1.29, 1.82) is 0 Å². The molecule has 13 aromatic rings. The number of nitrogens with zero attached hydrogens (tertiary/aromatic N) is 4. The first-order valence-corrected chi connectivity index (χ1v) is 25.8. The van der Waals surface area contributed by atoms with Crippen molar-refractivity contribution in [2.24, 2.45) is 0 Å². The zero-order valence-corrected chi connectivity index (χ0v) is 44.8. The van der Waals surface area contributed by atoms with Crippen molar-refractivity contribution in [1.82, 2.24) is 19.9 Å². The Labute approximate surface area is 462 Å². The molecule has 0 atom stereocenters. The number of aromatic nitrogens is 4. The molecule has 0 bridgehead atoms. The summed E-state index contributed by atoms with van der Waals surface area (Å²) in [6.07, 6.45) is 1.88. The third-order valence-electron chi connectivity index (χ3n) is 14.3. The van der Waals surface area contributed by atoms with E-state index in [4.69, 9.17) is 19.9 Å². The van der Waals surface area contributed by atoms with E-state index < -0.39 is 0 Å². The number of hydrogen-bond acceptors (Lipinski definition) is 4. The topological polar surface area (TPSA) is 51.6 Å². The Morgan fingerprint density at radius 1 is 0.299 bits per heavy atom. The van der Waals surface area contributed by atoms with Gasteiger partial charge in [0.2, 0.25) is 0 Å². The largest absolute Gasteiger partial charge is 0.304 e. The molecular weight excluding hydrogens is 1110 g/mol. The van der Waals surface area contributed by atoms with Gasteiger partial charge in [-0.3, -0.25) is 0 Å². The molecule has 0 spiro atoms. The molecule has 2 aromatic heterocycles. The fraction of sp³-hybridized carbons (Fsp3) is 0.0278. The van der Waals surface area contributed by atoms with Crippen LogP contribution in [0.4, 0.5) is 0 Å². The van der Waals surface area contributed by atoms with E-state index >= 15 is 0 Å². The summed E-state index contributed by atoms with van der Waals surface area (Å²) < 4.78 is 0. The predicted molar refractivity (Wildman–Crippen MR) is 315 cm³/mol. The van der Waals surface area contributed by atoms with Gasteiger partial charge in [-0.05, 0) is 115 Å². The second-order valence-electron chi connectivity index (χ2n) is 19.5. The summed E-state index contributed by atoms with van der Waals surface area (Å²) in [4.78, 5) is 20.7. The molecule has 0 aliphatic heterocycles.